The lowest BCUT2D eigenvalue weighted by molar-refractivity contribution is -0.141. The number of hydrogen-bond donors (Lipinski definition) is 1. The van der Waals surface area contributed by atoms with Crippen LogP contribution in [0.2, 0.25) is 0 Å². The van der Waals surface area contributed by atoms with Gasteiger partial charge in [-0.1, -0.05) is 62.2 Å². The molecule has 0 saturated carbocycles. The van der Waals surface area contributed by atoms with E-state index >= 15 is 0 Å². The summed E-state index contributed by atoms with van der Waals surface area (Å²) in [7, 11) is -3.61. The van der Waals surface area contributed by atoms with Crippen LogP contribution in [0, 0.1) is 6.92 Å². The number of hydrogen-bond acceptors (Lipinski definition) is 5. The molecule has 9 heteroatoms. The molecule has 1 N–H and O–H groups in total. The first-order valence-corrected chi connectivity index (χ1v) is 15.3. The van der Waals surface area contributed by atoms with Crippen LogP contribution in [0.3, 0.4) is 0 Å². The van der Waals surface area contributed by atoms with Crippen LogP contribution in [0.15, 0.2) is 48.5 Å². The van der Waals surface area contributed by atoms with Crippen molar-refractivity contribution in [3.05, 3.63) is 59.7 Å². The van der Waals surface area contributed by atoms with Gasteiger partial charge in [-0.25, -0.2) is 8.42 Å². The van der Waals surface area contributed by atoms with E-state index in [1.807, 2.05) is 45.0 Å². The van der Waals surface area contributed by atoms with Crippen LogP contribution >= 0.6 is 0 Å². The normalized spacial score (nSPS) is 12.0. The molecule has 0 aliphatic heterocycles. The number of carbonyl (C=O) groups excluding carboxylic acids is 2. The zero-order valence-corrected chi connectivity index (χ0v) is 24.2. The van der Waals surface area contributed by atoms with Crippen LogP contribution < -0.4 is 14.4 Å². The van der Waals surface area contributed by atoms with Crippen LogP contribution in [-0.4, -0.2) is 57.1 Å². The maximum Gasteiger partial charge on any atom is 0.242 e. The van der Waals surface area contributed by atoms with Gasteiger partial charge in [0.15, 0.2) is 0 Å². The summed E-state index contributed by atoms with van der Waals surface area (Å²) < 4.78 is 32.2. The molecule has 0 saturated heterocycles. The fraction of sp³-hybridized carbons (Fsp3) is 0.517. The molecule has 0 aliphatic carbocycles. The van der Waals surface area contributed by atoms with Gasteiger partial charge in [0, 0.05) is 26.1 Å². The molecule has 0 bridgehead atoms. The molecule has 0 unspecified atom stereocenters. The summed E-state index contributed by atoms with van der Waals surface area (Å²) in [6.45, 7) is 9.19. The Bertz CT molecular complexity index is 1150. The minimum atomic E-state index is -3.61. The van der Waals surface area contributed by atoms with Crippen LogP contribution in [-0.2, 0) is 26.2 Å². The van der Waals surface area contributed by atoms with E-state index in [9.17, 15) is 18.0 Å². The number of aryl methyl sites for hydroxylation is 1. The predicted octanol–water partition coefficient (Wildman–Crippen LogP) is 4.66. The Morgan fingerprint density at radius 2 is 1.76 bits per heavy atom. The standard InChI is InChI=1S/C29H43N3O5S/c1-6-9-19-30-29(34)25(7-2)31(22-24-15-12-14-23(4)21-24)28(33)18-13-20-32(38(5,35)36)26-16-10-11-17-27(26)37-8-3/h10-12,14-17,21,25H,6-9,13,18-20,22H2,1-5H3,(H,30,34)/t25-/m0/s1. The molecular formula is C29H43N3O5S. The molecule has 0 spiro atoms. The Labute approximate surface area is 228 Å². The number of amides is 2. The van der Waals surface area contributed by atoms with E-state index < -0.39 is 16.1 Å². The fourth-order valence-corrected chi connectivity index (χ4v) is 5.32. The molecule has 0 fully saturated rings. The van der Waals surface area contributed by atoms with Gasteiger partial charge in [0.1, 0.15) is 11.8 Å². The van der Waals surface area contributed by atoms with Crippen molar-refractivity contribution in [3.63, 3.8) is 0 Å². The molecule has 0 heterocycles. The van der Waals surface area contributed by atoms with Crippen molar-refractivity contribution in [2.75, 3.05) is 30.3 Å². The molecule has 0 aliphatic rings. The second kappa shape index (κ2) is 15.4. The van der Waals surface area contributed by atoms with E-state index in [1.165, 1.54) is 4.31 Å². The Kier molecular flexibility index (Phi) is 12.6. The molecular weight excluding hydrogens is 502 g/mol. The van der Waals surface area contributed by atoms with Gasteiger partial charge in [0.05, 0.1) is 18.6 Å². The summed E-state index contributed by atoms with van der Waals surface area (Å²) in [5.41, 5.74) is 2.47. The van der Waals surface area contributed by atoms with E-state index in [2.05, 4.69) is 12.2 Å². The highest BCUT2D eigenvalue weighted by Gasteiger charge is 2.29. The summed E-state index contributed by atoms with van der Waals surface area (Å²) >= 11 is 0. The summed E-state index contributed by atoms with van der Waals surface area (Å²) in [6.07, 6.45) is 3.87. The maximum atomic E-state index is 13.6. The van der Waals surface area contributed by atoms with Crippen molar-refractivity contribution in [2.24, 2.45) is 0 Å². The van der Waals surface area contributed by atoms with Gasteiger partial charge in [-0.15, -0.1) is 0 Å². The molecule has 2 aromatic carbocycles. The van der Waals surface area contributed by atoms with Crippen molar-refractivity contribution in [1.82, 2.24) is 10.2 Å². The van der Waals surface area contributed by atoms with Crippen LogP contribution in [0.4, 0.5) is 5.69 Å². The van der Waals surface area contributed by atoms with E-state index in [-0.39, 0.29) is 24.8 Å². The number of nitrogens with zero attached hydrogens (tertiary/aromatic N) is 2. The minimum absolute atomic E-state index is 0.105. The molecule has 0 radical (unpaired) electrons. The first-order valence-electron chi connectivity index (χ1n) is 13.4. The second-order valence-electron chi connectivity index (χ2n) is 9.42. The quantitative estimate of drug-likeness (QED) is 0.310. The molecule has 38 heavy (non-hydrogen) atoms. The highest BCUT2D eigenvalue weighted by atomic mass is 32.2. The number of sulfonamides is 1. The van der Waals surface area contributed by atoms with Crippen molar-refractivity contribution < 1.29 is 22.7 Å². The predicted molar refractivity (Wildman–Crippen MR) is 153 cm³/mol. The lowest BCUT2D eigenvalue weighted by Gasteiger charge is -2.31. The van der Waals surface area contributed by atoms with E-state index in [0.717, 1.165) is 30.2 Å². The Morgan fingerprint density at radius 1 is 1.03 bits per heavy atom. The second-order valence-corrected chi connectivity index (χ2v) is 11.3. The molecule has 0 aromatic heterocycles. The third-order valence-electron chi connectivity index (χ3n) is 6.24. The third kappa shape index (κ3) is 9.35. The van der Waals surface area contributed by atoms with Crippen molar-refractivity contribution in [1.29, 1.82) is 0 Å². The summed E-state index contributed by atoms with van der Waals surface area (Å²) in [5.74, 6) is 0.128. The van der Waals surface area contributed by atoms with Crippen molar-refractivity contribution in [2.45, 2.75) is 72.4 Å². The first-order chi connectivity index (χ1) is 18.1. The monoisotopic (exact) mass is 545 g/mol. The molecule has 8 nitrogen and oxygen atoms in total. The minimum Gasteiger partial charge on any atom is -0.492 e. The van der Waals surface area contributed by atoms with Gasteiger partial charge >= 0.3 is 0 Å². The maximum absolute atomic E-state index is 13.6. The molecule has 2 rings (SSSR count). The smallest absolute Gasteiger partial charge is 0.242 e. The number of rotatable bonds is 16. The van der Waals surface area contributed by atoms with Gasteiger partial charge in [0.25, 0.3) is 0 Å². The number of para-hydroxylation sites is 2. The molecule has 2 aromatic rings. The highest BCUT2D eigenvalue weighted by Crippen LogP contribution is 2.30. The van der Waals surface area contributed by atoms with Crippen LogP contribution in [0.5, 0.6) is 5.75 Å². The number of anilines is 1. The van der Waals surface area contributed by atoms with Gasteiger partial charge in [0.2, 0.25) is 21.8 Å². The zero-order chi connectivity index (χ0) is 28.1. The Morgan fingerprint density at radius 3 is 2.39 bits per heavy atom. The number of nitrogens with one attached hydrogen (secondary N) is 1. The molecule has 210 valence electrons. The van der Waals surface area contributed by atoms with Crippen LogP contribution in [0.1, 0.15) is 64.0 Å². The fourth-order valence-electron chi connectivity index (χ4n) is 4.36. The summed E-state index contributed by atoms with van der Waals surface area (Å²) in [6, 6.07) is 14.3. The molecule has 2 amide bonds. The summed E-state index contributed by atoms with van der Waals surface area (Å²) in [5, 5.41) is 2.97. The van der Waals surface area contributed by atoms with Gasteiger partial charge in [-0.05, 0) is 50.8 Å². The number of carbonyl (C=O) groups is 2. The Hall–Kier alpha value is -3.07. The van der Waals surface area contributed by atoms with Crippen LogP contribution in [0.25, 0.3) is 0 Å². The van der Waals surface area contributed by atoms with E-state index in [0.29, 0.717) is 44.0 Å². The first kappa shape index (κ1) is 31.1. The number of benzene rings is 2. The molecule has 1 atom stereocenters. The lowest BCUT2D eigenvalue weighted by Crippen LogP contribution is -2.49. The average Bonchev–Trinajstić information content (AvgIpc) is 2.86. The Balaban J connectivity index is 2.23. The van der Waals surface area contributed by atoms with Crippen molar-refractivity contribution >= 4 is 27.5 Å². The SMILES string of the molecule is CCCCNC(=O)[C@H](CC)N(Cc1cccc(C)c1)C(=O)CCCN(c1ccccc1OCC)S(C)(=O)=O. The van der Waals surface area contributed by atoms with Gasteiger partial charge in [-0.3, -0.25) is 13.9 Å². The summed E-state index contributed by atoms with van der Waals surface area (Å²) in [4.78, 5) is 28.2. The largest absolute Gasteiger partial charge is 0.492 e. The average molecular weight is 546 g/mol. The van der Waals surface area contributed by atoms with Gasteiger partial charge < -0.3 is 15.0 Å². The topological polar surface area (TPSA) is 96.0 Å². The zero-order valence-electron chi connectivity index (χ0n) is 23.4. The lowest BCUT2D eigenvalue weighted by atomic mass is 10.1. The van der Waals surface area contributed by atoms with Crippen molar-refractivity contribution in [3.8, 4) is 5.75 Å². The van der Waals surface area contributed by atoms with E-state index in [1.54, 1.807) is 29.2 Å². The third-order valence-corrected chi connectivity index (χ3v) is 7.42. The number of ether oxygens (including phenoxy) is 1. The highest BCUT2D eigenvalue weighted by molar-refractivity contribution is 7.92. The van der Waals surface area contributed by atoms with Gasteiger partial charge in [-0.2, -0.15) is 0 Å². The number of unbranched alkanes of at least 4 members (excludes halogenated alkanes) is 1. The van der Waals surface area contributed by atoms with E-state index in [4.69, 9.17) is 4.74 Å².